The molecule has 0 aromatic heterocycles. The molecule has 1 N–H and O–H groups in total. The lowest BCUT2D eigenvalue weighted by Gasteiger charge is -2.33. The maximum Gasteiger partial charge on any atom is 0.226 e. The number of nitrogens with zero attached hydrogens (tertiary/aromatic N) is 2. The van der Waals surface area contributed by atoms with Crippen molar-refractivity contribution in [2.45, 2.75) is 51.0 Å². The van der Waals surface area contributed by atoms with Crippen molar-refractivity contribution in [2.24, 2.45) is 11.3 Å². The van der Waals surface area contributed by atoms with Crippen molar-refractivity contribution in [2.75, 3.05) is 52.4 Å². The molecule has 1 saturated carbocycles. The molecule has 0 aromatic rings. The molecule has 1 spiro atoms. The number of piperidine rings is 2. The SMILES string of the molecule is O=C(C1CC12CCNCC2)N1CCC(OCCN2CCCC2)CC1. The van der Waals surface area contributed by atoms with Gasteiger partial charge in [0.15, 0.2) is 0 Å². The number of hydrogen-bond acceptors (Lipinski definition) is 4. The first-order chi connectivity index (χ1) is 11.8. The fraction of sp³-hybridized carbons (Fsp3) is 0.947. The molecule has 1 aliphatic carbocycles. The van der Waals surface area contributed by atoms with E-state index in [-0.39, 0.29) is 0 Å². The van der Waals surface area contributed by atoms with Crippen LogP contribution in [0.2, 0.25) is 0 Å². The summed E-state index contributed by atoms with van der Waals surface area (Å²) in [5, 5.41) is 3.42. The fourth-order valence-electron chi connectivity index (χ4n) is 4.99. The molecule has 5 heteroatoms. The van der Waals surface area contributed by atoms with E-state index in [1.54, 1.807) is 0 Å². The van der Waals surface area contributed by atoms with Crippen LogP contribution < -0.4 is 5.32 Å². The molecule has 4 fully saturated rings. The predicted molar refractivity (Wildman–Crippen MR) is 93.9 cm³/mol. The first-order valence-corrected chi connectivity index (χ1v) is 10.1. The monoisotopic (exact) mass is 335 g/mol. The van der Waals surface area contributed by atoms with Crippen LogP contribution in [0.15, 0.2) is 0 Å². The first kappa shape index (κ1) is 16.8. The third-order valence-corrected chi connectivity index (χ3v) is 6.80. The minimum atomic E-state index is 0.326. The van der Waals surface area contributed by atoms with Crippen molar-refractivity contribution in [3.63, 3.8) is 0 Å². The second kappa shape index (κ2) is 7.30. The Hall–Kier alpha value is -0.650. The Balaban J connectivity index is 1.16. The lowest BCUT2D eigenvalue weighted by molar-refractivity contribution is -0.136. The average Bonchev–Trinajstić information content (AvgIpc) is 3.06. The van der Waals surface area contributed by atoms with Crippen LogP contribution in [0, 0.1) is 11.3 Å². The van der Waals surface area contributed by atoms with E-state index >= 15 is 0 Å². The predicted octanol–water partition coefficient (Wildman–Crippen LogP) is 1.48. The Morgan fingerprint density at radius 2 is 1.79 bits per heavy atom. The minimum absolute atomic E-state index is 0.326. The number of likely N-dealkylation sites (tertiary alicyclic amines) is 2. The lowest BCUT2D eigenvalue weighted by atomic mass is 9.91. The highest BCUT2D eigenvalue weighted by molar-refractivity contribution is 5.82. The highest BCUT2D eigenvalue weighted by atomic mass is 16.5. The molecular formula is C19H33N3O2. The van der Waals surface area contributed by atoms with Gasteiger partial charge in [0, 0.05) is 25.6 Å². The van der Waals surface area contributed by atoms with Gasteiger partial charge in [0.1, 0.15) is 0 Å². The van der Waals surface area contributed by atoms with Crippen LogP contribution in [0.1, 0.15) is 44.9 Å². The summed E-state index contributed by atoms with van der Waals surface area (Å²) >= 11 is 0. The highest BCUT2D eigenvalue weighted by Crippen LogP contribution is 2.59. The summed E-state index contributed by atoms with van der Waals surface area (Å²) in [6.07, 6.45) is 8.63. The van der Waals surface area contributed by atoms with E-state index in [4.69, 9.17) is 4.74 Å². The van der Waals surface area contributed by atoms with Crippen LogP contribution in [0.5, 0.6) is 0 Å². The topological polar surface area (TPSA) is 44.8 Å². The summed E-state index contributed by atoms with van der Waals surface area (Å²) in [4.78, 5) is 17.4. The van der Waals surface area contributed by atoms with Crippen LogP contribution in [-0.2, 0) is 9.53 Å². The molecule has 3 heterocycles. The zero-order valence-corrected chi connectivity index (χ0v) is 15.0. The van der Waals surface area contributed by atoms with Crippen LogP contribution in [0.3, 0.4) is 0 Å². The number of nitrogens with one attached hydrogen (secondary N) is 1. The Kier molecular flexibility index (Phi) is 5.11. The van der Waals surface area contributed by atoms with E-state index in [0.29, 0.717) is 23.3 Å². The van der Waals surface area contributed by atoms with Gasteiger partial charge in [0.05, 0.1) is 12.7 Å². The van der Waals surface area contributed by atoms with Gasteiger partial charge in [-0.1, -0.05) is 0 Å². The Morgan fingerprint density at radius 3 is 2.50 bits per heavy atom. The van der Waals surface area contributed by atoms with Gasteiger partial charge in [-0.25, -0.2) is 0 Å². The molecule has 0 bridgehead atoms. The average molecular weight is 335 g/mol. The van der Waals surface area contributed by atoms with E-state index < -0.39 is 0 Å². The normalized spacial score (nSPS) is 30.8. The molecule has 3 aliphatic heterocycles. The number of ether oxygens (including phenoxy) is 1. The Morgan fingerprint density at radius 1 is 1.08 bits per heavy atom. The summed E-state index contributed by atoms with van der Waals surface area (Å²) in [7, 11) is 0. The summed E-state index contributed by atoms with van der Waals surface area (Å²) in [5.41, 5.74) is 0.366. The van der Waals surface area contributed by atoms with Crippen molar-refractivity contribution in [1.29, 1.82) is 0 Å². The number of carbonyl (C=O) groups is 1. The van der Waals surface area contributed by atoms with Crippen LogP contribution in [0.4, 0.5) is 0 Å². The van der Waals surface area contributed by atoms with Gasteiger partial charge in [0.2, 0.25) is 5.91 Å². The molecule has 4 rings (SSSR count). The van der Waals surface area contributed by atoms with Crippen molar-refractivity contribution >= 4 is 5.91 Å². The zero-order valence-electron chi connectivity index (χ0n) is 15.0. The van der Waals surface area contributed by atoms with Crippen molar-refractivity contribution in [3.8, 4) is 0 Å². The summed E-state index contributed by atoms with van der Waals surface area (Å²) in [6, 6.07) is 0. The number of hydrogen-bond donors (Lipinski definition) is 1. The third-order valence-electron chi connectivity index (χ3n) is 6.80. The molecule has 136 valence electrons. The largest absolute Gasteiger partial charge is 0.377 e. The maximum atomic E-state index is 12.8. The van der Waals surface area contributed by atoms with E-state index in [0.717, 1.165) is 58.6 Å². The number of rotatable bonds is 5. The molecule has 1 unspecified atom stereocenters. The smallest absolute Gasteiger partial charge is 0.226 e. The molecular weight excluding hydrogens is 302 g/mol. The molecule has 1 atom stereocenters. The molecule has 1 amide bonds. The van der Waals surface area contributed by atoms with Crippen molar-refractivity contribution < 1.29 is 9.53 Å². The molecule has 0 radical (unpaired) electrons. The van der Waals surface area contributed by atoms with Gasteiger partial charge in [0.25, 0.3) is 0 Å². The van der Waals surface area contributed by atoms with Crippen molar-refractivity contribution in [3.05, 3.63) is 0 Å². The van der Waals surface area contributed by atoms with E-state index in [1.165, 1.54) is 38.8 Å². The second-order valence-corrected chi connectivity index (χ2v) is 8.31. The highest BCUT2D eigenvalue weighted by Gasteiger charge is 2.58. The first-order valence-electron chi connectivity index (χ1n) is 10.1. The van der Waals surface area contributed by atoms with E-state index in [1.807, 2.05) is 0 Å². The van der Waals surface area contributed by atoms with Gasteiger partial charge in [-0.3, -0.25) is 4.79 Å². The lowest BCUT2D eigenvalue weighted by Crippen LogP contribution is -2.43. The Labute approximate surface area is 146 Å². The molecule has 0 aromatic carbocycles. The van der Waals surface area contributed by atoms with Crippen LogP contribution in [0.25, 0.3) is 0 Å². The number of carbonyl (C=O) groups excluding carboxylic acids is 1. The molecule has 24 heavy (non-hydrogen) atoms. The van der Waals surface area contributed by atoms with Crippen LogP contribution >= 0.6 is 0 Å². The summed E-state index contributed by atoms with van der Waals surface area (Å²) in [6.45, 7) is 8.42. The standard InChI is InChI=1S/C19H33N3O2/c23-18(17-15-19(17)5-7-20-8-6-19)22-11-3-16(4-12-22)24-14-13-21-9-1-2-10-21/h16-17,20H,1-15H2. The van der Waals surface area contributed by atoms with Crippen molar-refractivity contribution in [1.82, 2.24) is 15.1 Å². The third kappa shape index (κ3) is 3.63. The van der Waals surface area contributed by atoms with Gasteiger partial charge in [-0.05, 0) is 76.5 Å². The Bertz CT molecular complexity index is 436. The van der Waals surface area contributed by atoms with Gasteiger partial charge >= 0.3 is 0 Å². The van der Waals surface area contributed by atoms with Gasteiger partial charge < -0.3 is 19.9 Å². The van der Waals surface area contributed by atoms with Gasteiger partial charge in [-0.2, -0.15) is 0 Å². The van der Waals surface area contributed by atoms with E-state index in [9.17, 15) is 4.79 Å². The van der Waals surface area contributed by atoms with Crippen LogP contribution in [-0.4, -0.2) is 74.2 Å². The summed E-state index contributed by atoms with van der Waals surface area (Å²) in [5.74, 6) is 0.764. The zero-order chi connectivity index (χ0) is 16.4. The van der Waals surface area contributed by atoms with E-state index in [2.05, 4.69) is 15.1 Å². The molecule has 3 saturated heterocycles. The minimum Gasteiger partial charge on any atom is -0.377 e. The molecule has 4 aliphatic rings. The van der Waals surface area contributed by atoms with Gasteiger partial charge in [-0.15, -0.1) is 0 Å². The number of amides is 1. The maximum absolute atomic E-state index is 12.8. The fourth-order valence-corrected chi connectivity index (χ4v) is 4.99. The second-order valence-electron chi connectivity index (χ2n) is 8.31. The molecule has 5 nitrogen and oxygen atoms in total. The quantitative estimate of drug-likeness (QED) is 0.827. The summed E-state index contributed by atoms with van der Waals surface area (Å²) < 4.78 is 6.07.